The summed E-state index contributed by atoms with van der Waals surface area (Å²) >= 11 is 0. The molecule has 0 bridgehead atoms. The van der Waals surface area contributed by atoms with Gasteiger partial charge in [-0.25, -0.2) is 14.4 Å². The van der Waals surface area contributed by atoms with Crippen molar-refractivity contribution in [3.8, 4) is 0 Å². The third kappa shape index (κ3) is 11.4. The Kier molecular flexibility index (Phi) is 12.1. The number of imide groups is 1. The molecule has 1 aromatic rings. The first-order valence-electron chi connectivity index (χ1n) is 15.4. The fraction of sp³-hybridized carbons (Fsp3) is 0.545. The van der Waals surface area contributed by atoms with Crippen molar-refractivity contribution in [3.05, 3.63) is 53.2 Å². The van der Waals surface area contributed by atoms with Gasteiger partial charge in [0.25, 0.3) is 11.8 Å². The van der Waals surface area contributed by atoms with Crippen LogP contribution in [-0.2, 0) is 19.0 Å². The number of aliphatic hydroxyl groups excluding tert-OH is 1. The lowest BCUT2D eigenvalue weighted by Gasteiger charge is -2.44. The van der Waals surface area contributed by atoms with Gasteiger partial charge in [-0.2, -0.15) is 4.90 Å². The lowest BCUT2D eigenvalue weighted by Crippen LogP contribution is -2.60. The van der Waals surface area contributed by atoms with E-state index >= 15 is 0 Å². The highest BCUT2D eigenvalue weighted by atomic mass is 16.6. The van der Waals surface area contributed by atoms with E-state index in [1.54, 1.807) is 72.1 Å². The van der Waals surface area contributed by atoms with Crippen molar-refractivity contribution in [2.75, 3.05) is 18.4 Å². The molecule has 2 atom stereocenters. The third-order valence-corrected chi connectivity index (χ3v) is 6.41. The van der Waals surface area contributed by atoms with Crippen molar-refractivity contribution in [2.24, 2.45) is 11.5 Å². The molecular weight excluding hydrogens is 624 g/mol. The van der Waals surface area contributed by atoms with Crippen LogP contribution in [-0.4, -0.2) is 91.9 Å². The summed E-state index contributed by atoms with van der Waals surface area (Å²) in [6.45, 7) is 19.1. The number of benzene rings is 1. The molecule has 1 aliphatic heterocycles. The molecule has 0 spiro atoms. The maximum absolute atomic E-state index is 13.3. The number of nitrogens with one attached hydrogen (secondary N) is 1. The molecule has 0 radical (unpaired) electrons. The largest absolute Gasteiger partial charge is 0.504 e. The van der Waals surface area contributed by atoms with Crippen molar-refractivity contribution in [2.45, 2.75) is 105 Å². The van der Waals surface area contributed by atoms with E-state index in [2.05, 4.69) is 5.32 Å². The fourth-order valence-corrected chi connectivity index (χ4v) is 4.53. The number of piperazine rings is 1. The number of aliphatic hydroxyl groups is 1. The van der Waals surface area contributed by atoms with Crippen LogP contribution >= 0.6 is 0 Å². The van der Waals surface area contributed by atoms with Crippen molar-refractivity contribution in [1.29, 1.82) is 0 Å². The maximum Gasteiger partial charge on any atom is 0.425 e. The Morgan fingerprint density at radius 3 is 1.67 bits per heavy atom. The van der Waals surface area contributed by atoms with Gasteiger partial charge in [0.1, 0.15) is 22.5 Å². The van der Waals surface area contributed by atoms with Gasteiger partial charge in [0.05, 0.1) is 12.1 Å². The zero-order valence-electron chi connectivity index (χ0n) is 29.7. The van der Waals surface area contributed by atoms with E-state index in [-0.39, 0.29) is 23.7 Å². The van der Waals surface area contributed by atoms with Gasteiger partial charge in [-0.15, -0.1) is 0 Å². The molecule has 0 aliphatic carbocycles. The van der Waals surface area contributed by atoms with Crippen LogP contribution in [0.1, 0.15) is 86.5 Å². The first-order chi connectivity index (χ1) is 21.8. The number of amides is 5. The van der Waals surface area contributed by atoms with Crippen LogP contribution in [0.2, 0.25) is 0 Å². The minimum atomic E-state index is -1.22. The molecule has 5 amide bonds. The minimum absolute atomic E-state index is 0.250. The fourth-order valence-electron chi connectivity index (χ4n) is 4.53. The SMILES string of the molecule is CC1CN(C(=O)c2ccc(NC(=O)/C(N)=C/C(O)=C(\N)N(C(=O)OC(C)(C)C)C(=O)OC(C)(C)C)cc2)CC(C)N1C(=O)OC(C)(C)C. The molecule has 15 nitrogen and oxygen atoms in total. The van der Waals surface area contributed by atoms with Crippen molar-refractivity contribution in [3.63, 3.8) is 0 Å². The average molecular weight is 675 g/mol. The number of anilines is 1. The Bertz CT molecular complexity index is 1410. The molecule has 2 rings (SSSR count). The Labute approximate surface area is 281 Å². The Morgan fingerprint density at radius 2 is 1.25 bits per heavy atom. The van der Waals surface area contributed by atoms with E-state index in [0.717, 1.165) is 6.08 Å². The second-order valence-electron chi connectivity index (χ2n) is 14.5. The smallest absolute Gasteiger partial charge is 0.425 e. The van der Waals surface area contributed by atoms with Crippen molar-refractivity contribution < 1.29 is 43.3 Å². The van der Waals surface area contributed by atoms with E-state index in [0.29, 0.717) is 23.6 Å². The lowest BCUT2D eigenvalue weighted by atomic mass is 10.1. The zero-order valence-corrected chi connectivity index (χ0v) is 29.7. The van der Waals surface area contributed by atoms with Gasteiger partial charge in [0.2, 0.25) is 0 Å². The van der Waals surface area contributed by atoms with Crippen LogP contribution in [0.25, 0.3) is 0 Å². The number of rotatable bonds is 5. The second kappa shape index (κ2) is 14.9. The quantitative estimate of drug-likeness (QED) is 0.144. The highest BCUT2D eigenvalue weighted by Crippen LogP contribution is 2.23. The van der Waals surface area contributed by atoms with E-state index in [1.165, 1.54) is 24.3 Å². The molecule has 1 aliphatic rings. The molecule has 48 heavy (non-hydrogen) atoms. The topological polar surface area (TPSA) is 207 Å². The highest BCUT2D eigenvalue weighted by molar-refractivity contribution is 6.03. The Hall–Kier alpha value is -4.95. The lowest BCUT2D eigenvalue weighted by molar-refractivity contribution is -0.112. The molecule has 1 heterocycles. The number of carbonyl (C=O) groups excluding carboxylic acids is 5. The summed E-state index contributed by atoms with van der Waals surface area (Å²) in [4.78, 5) is 68.0. The first-order valence-corrected chi connectivity index (χ1v) is 15.4. The zero-order chi connectivity index (χ0) is 36.9. The van der Waals surface area contributed by atoms with Gasteiger partial charge in [0, 0.05) is 30.4 Å². The Morgan fingerprint density at radius 1 is 0.812 bits per heavy atom. The minimum Gasteiger partial charge on any atom is -0.504 e. The molecule has 1 saturated heterocycles. The summed E-state index contributed by atoms with van der Waals surface area (Å²) in [6.07, 6.45) is -2.11. The number of hydrogen-bond acceptors (Lipinski definition) is 11. The van der Waals surface area contributed by atoms with E-state index in [4.69, 9.17) is 25.7 Å². The predicted molar refractivity (Wildman–Crippen MR) is 178 cm³/mol. The molecule has 1 fully saturated rings. The van der Waals surface area contributed by atoms with Crippen molar-refractivity contribution in [1.82, 2.24) is 14.7 Å². The molecule has 2 unspecified atom stereocenters. The number of carbonyl (C=O) groups is 5. The van der Waals surface area contributed by atoms with Gasteiger partial charge >= 0.3 is 18.3 Å². The summed E-state index contributed by atoms with van der Waals surface area (Å²) in [6, 6.07) is 5.50. The summed E-state index contributed by atoms with van der Waals surface area (Å²) in [7, 11) is 0. The predicted octanol–water partition coefficient (Wildman–Crippen LogP) is 4.80. The standard InChI is InChI=1S/C33H50N6O9/c1-19-17-37(18-20(2)38(19)28(43)46-31(3,4)5)27(42)21-12-14-22(15-13-21)36-26(41)23(34)16-24(40)25(35)39(29(44)47-32(6,7)8)30(45)48-33(9,10)11/h12-16,19-20,40H,17-18,34-35H2,1-11H3,(H,36,41)/b23-16-,25-24-. The van der Waals surface area contributed by atoms with Crippen LogP contribution in [0.3, 0.4) is 0 Å². The molecule has 0 aromatic heterocycles. The normalized spacial score (nSPS) is 17.9. The summed E-state index contributed by atoms with van der Waals surface area (Å²) in [5, 5.41) is 13.1. The number of ether oxygens (including phenoxy) is 3. The van der Waals surface area contributed by atoms with Gasteiger partial charge in [-0.3, -0.25) is 14.5 Å². The van der Waals surface area contributed by atoms with E-state index in [1.807, 2.05) is 13.8 Å². The number of allylic oxidation sites excluding steroid dienone is 1. The summed E-state index contributed by atoms with van der Waals surface area (Å²) in [5.41, 5.74) is 9.26. The van der Waals surface area contributed by atoms with Gasteiger partial charge < -0.3 is 41.0 Å². The molecule has 15 heteroatoms. The van der Waals surface area contributed by atoms with Crippen LogP contribution < -0.4 is 16.8 Å². The average Bonchev–Trinajstić information content (AvgIpc) is 2.89. The molecule has 6 N–H and O–H groups in total. The molecule has 0 saturated carbocycles. The van der Waals surface area contributed by atoms with Gasteiger partial charge in [-0.05, 0) is 100 Å². The van der Waals surface area contributed by atoms with Gasteiger partial charge in [-0.1, -0.05) is 0 Å². The van der Waals surface area contributed by atoms with E-state index < -0.39 is 58.3 Å². The monoisotopic (exact) mass is 674 g/mol. The number of nitrogens with zero attached hydrogens (tertiary/aromatic N) is 3. The molecular formula is C33H50N6O9. The Balaban J connectivity index is 2.17. The third-order valence-electron chi connectivity index (χ3n) is 6.41. The van der Waals surface area contributed by atoms with Crippen LogP contribution in [0, 0.1) is 0 Å². The van der Waals surface area contributed by atoms with Crippen molar-refractivity contribution >= 4 is 35.8 Å². The number of hydrogen-bond donors (Lipinski definition) is 4. The van der Waals surface area contributed by atoms with Gasteiger partial charge in [0.15, 0.2) is 11.6 Å². The highest BCUT2D eigenvalue weighted by Gasteiger charge is 2.38. The van der Waals surface area contributed by atoms with Crippen LogP contribution in [0.5, 0.6) is 0 Å². The van der Waals surface area contributed by atoms with E-state index in [9.17, 15) is 29.1 Å². The maximum atomic E-state index is 13.3. The first kappa shape index (κ1) is 39.2. The van der Waals surface area contributed by atoms with Crippen LogP contribution in [0.4, 0.5) is 20.1 Å². The second-order valence-corrected chi connectivity index (χ2v) is 14.5. The molecule has 1 aromatic carbocycles. The van der Waals surface area contributed by atoms with Crippen LogP contribution in [0.15, 0.2) is 47.6 Å². The molecule has 266 valence electrons. The summed E-state index contributed by atoms with van der Waals surface area (Å²) in [5.74, 6) is -2.77. The number of nitrogens with two attached hydrogens (primary N) is 2. The summed E-state index contributed by atoms with van der Waals surface area (Å²) < 4.78 is 16.0.